The van der Waals surface area contributed by atoms with Crippen LogP contribution in [0.5, 0.6) is 0 Å². The SMILES string of the molecule is CN(C)CCc1nc2cc(Br)ccn2n1. The molecule has 0 N–H and O–H groups in total. The predicted octanol–water partition coefficient (Wildman–Crippen LogP) is 1.60. The van der Waals surface area contributed by atoms with E-state index >= 15 is 0 Å². The molecule has 2 aromatic heterocycles. The van der Waals surface area contributed by atoms with E-state index in [1.807, 2.05) is 32.4 Å². The summed E-state index contributed by atoms with van der Waals surface area (Å²) in [7, 11) is 4.10. The van der Waals surface area contributed by atoms with E-state index in [0.29, 0.717) is 0 Å². The summed E-state index contributed by atoms with van der Waals surface area (Å²) in [6, 6.07) is 3.92. The summed E-state index contributed by atoms with van der Waals surface area (Å²) < 4.78 is 2.83. The van der Waals surface area contributed by atoms with Gasteiger partial charge in [0.2, 0.25) is 0 Å². The highest BCUT2D eigenvalue weighted by atomic mass is 79.9. The number of hydrogen-bond donors (Lipinski definition) is 0. The second-order valence-electron chi connectivity index (χ2n) is 3.73. The van der Waals surface area contributed by atoms with E-state index in [9.17, 15) is 0 Å². The molecule has 0 fully saturated rings. The van der Waals surface area contributed by atoms with Crippen LogP contribution in [0.2, 0.25) is 0 Å². The number of fused-ring (bicyclic) bond motifs is 1. The molecule has 0 aliphatic carbocycles. The molecule has 0 atom stereocenters. The largest absolute Gasteiger partial charge is 0.309 e. The molecular formula is C10H13BrN4. The Morgan fingerprint density at radius 2 is 2.27 bits per heavy atom. The van der Waals surface area contributed by atoms with Gasteiger partial charge in [-0.2, -0.15) is 5.10 Å². The molecule has 0 amide bonds. The van der Waals surface area contributed by atoms with E-state index in [2.05, 4.69) is 30.9 Å². The molecule has 0 aromatic carbocycles. The Labute approximate surface area is 97.0 Å². The van der Waals surface area contributed by atoms with E-state index in [1.165, 1.54) is 0 Å². The molecule has 0 saturated heterocycles. The minimum Gasteiger partial charge on any atom is -0.309 e. The molecule has 2 rings (SSSR count). The molecule has 15 heavy (non-hydrogen) atoms. The highest BCUT2D eigenvalue weighted by Gasteiger charge is 2.03. The summed E-state index contributed by atoms with van der Waals surface area (Å²) in [5.74, 6) is 0.891. The molecule has 0 saturated carbocycles. The van der Waals surface area contributed by atoms with Gasteiger partial charge in [-0.15, -0.1) is 0 Å². The zero-order valence-electron chi connectivity index (χ0n) is 8.81. The third kappa shape index (κ3) is 2.54. The fourth-order valence-electron chi connectivity index (χ4n) is 1.33. The highest BCUT2D eigenvalue weighted by molar-refractivity contribution is 9.10. The molecule has 0 radical (unpaired) electrons. The van der Waals surface area contributed by atoms with Gasteiger partial charge in [0.1, 0.15) is 0 Å². The van der Waals surface area contributed by atoms with Crippen LogP contribution in [0.4, 0.5) is 0 Å². The van der Waals surface area contributed by atoms with Crippen molar-refractivity contribution in [2.75, 3.05) is 20.6 Å². The molecular weight excluding hydrogens is 256 g/mol. The van der Waals surface area contributed by atoms with Crippen LogP contribution in [0, 0.1) is 0 Å². The van der Waals surface area contributed by atoms with Crippen LogP contribution < -0.4 is 0 Å². The molecule has 4 nitrogen and oxygen atoms in total. The zero-order valence-corrected chi connectivity index (χ0v) is 10.4. The number of halogens is 1. The lowest BCUT2D eigenvalue weighted by atomic mass is 10.4. The molecule has 0 aliphatic rings. The summed E-state index contributed by atoms with van der Waals surface area (Å²) in [5, 5.41) is 4.38. The molecule has 0 spiro atoms. The summed E-state index contributed by atoms with van der Waals surface area (Å²) in [4.78, 5) is 6.57. The quantitative estimate of drug-likeness (QED) is 0.848. The van der Waals surface area contributed by atoms with Gasteiger partial charge in [-0.05, 0) is 26.2 Å². The first-order valence-electron chi connectivity index (χ1n) is 4.81. The number of hydrogen-bond acceptors (Lipinski definition) is 3. The highest BCUT2D eigenvalue weighted by Crippen LogP contribution is 2.11. The number of rotatable bonds is 3. The predicted molar refractivity (Wildman–Crippen MR) is 62.9 cm³/mol. The Bertz CT molecular complexity index is 463. The Hall–Kier alpha value is -0.940. The number of nitrogens with zero attached hydrogens (tertiary/aromatic N) is 4. The molecule has 2 heterocycles. The lowest BCUT2D eigenvalue weighted by Gasteiger charge is -2.05. The molecule has 5 heteroatoms. The van der Waals surface area contributed by atoms with Gasteiger partial charge >= 0.3 is 0 Å². The Morgan fingerprint density at radius 3 is 3.00 bits per heavy atom. The first kappa shape index (κ1) is 10.6. The average molecular weight is 269 g/mol. The van der Waals surface area contributed by atoms with Gasteiger partial charge in [0, 0.05) is 23.6 Å². The van der Waals surface area contributed by atoms with Gasteiger partial charge in [0.15, 0.2) is 11.5 Å². The van der Waals surface area contributed by atoms with Crippen molar-refractivity contribution in [3.05, 3.63) is 28.6 Å². The van der Waals surface area contributed by atoms with Crippen molar-refractivity contribution in [2.45, 2.75) is 6.42 Å². The zero-order chi connectivity index (χ0) is 10.8. The van der Waals surface area contributed by atoms with Crippen LogP contribution >= 0.6 is 15.9 Å². The van der Waals surface area contributed by atoms with E-state index in [-0.39, 0.29) is 0 Å². The topological polar surface area (TPSA) is 33.4 Å². The molecule has 0 aliphatic heterocycles. The normalized spacial score (nSPS) is 11.5. The fourth-order valence-corrected chi connectivity index (χ4v) is 1.66. The lowest BCUT2D eigenvalue weighted by Crippen LogP contribution is -2.15. The Balaban J connectivity index is 2.23. The minimum atomic E-state index is 0.881. The maximum atomic E-state index is 4.44. The van der Waals surface area contributed by atoms with Gasteiger partial charge in [-0.1, -0.05) is 15.9 Å². The average Bonchev–Trinajstić information content (AvgIpc) is 2.56. The van der Waals surface area contributed by atoms with Gasteiger partial charge in [-0.25, -0.2) is 9.50 Å². The van der Waals surface area contributed by atoms with Crippen molar-refractivity contribution >= 4 is 21.6 Å². The van der Waals surface area contributed by atoms with Gasteiger partial charge < -0.3 is 4.90 Å². The first-order valence-corrected chi connectivity index (χ1v) is 5.60. The first-order chi connectivity index (χ1) is 7.15. The Kier molecular flexibility index (Phi) is 3.02. The van der Waals surface area contributed by atoms with Gasteiger partial charge in [0.25, 0.3) is 0 Å². The van der Waals surface area contributed by atoms with Gasteiger partial charge in [0.05, 0.1) is 0 Å². The third-order valence-electron chi connectivity index (χ3n) is 2.13. The summed E-state index contributed by atoms with van der Waals surface area (Å²) in [5.41, 5.74) is 0.887. The maximum absolute atomic E-state index is 4.44. The number of pyridine rings is 1. The van der Waals surface area contributed by atoms with E-state index in [0.717, 1.165) is 28.9 Å². The van der Waals surface area contributed by atoms with E-state index in [4.69, 9.17) is 0 Å². The van der Waals surface area contributed by atoms with Crippen LogP contribution in [0.15, 0.2) is 22.8 Å². The van der Waals surface area contributed by atoms with Crippen LogP contribution in [0.3, 0.4) is 0 Å². The third-order valence-corrected chi connectivity index (χ3v) is 2.62. The fraction of sp³-hybridized carbons (Fsp3) is 0.400. The lowest BCUT2D eigenvalue weighted by molar-refractivity contribution is 0.409. The number of aromatic nitrogens is 3. The number of likely N-dealkylation sites (N-methyl/N-ethyl adjacent to an activating group) is 1. The molecule has 0 bridgehead atoms. The van der Waals surface area contributed by atoms with Crippen molar-refractivity contribution < 1.29 is 0 Å². The minimum absolute atomic E-state index is 0.881. The van der Waals surface area contributed by atoms with Crippen LogP contribution in [0.25, 0.3) is 5.65 Å². The smallest absolute Gasteiger partial charge is 0.156 e. The molecule has 0 unspecified atom stereocenters. The molecule has 80 valence electrons. The van der Waals surface area contributed by atoms with Crippen molar-refractivity contribution in [1.29, 1.82) is 0 Å². The Morgan fingerprint density at radius 1 is 1.47 bits per heavy atom. The second-order valence-corrected chi connectivity index (χ2v) is 4.64. The second kappa shape index (κ2) is 4.28. The van der Waals surface area contributed by atoms with E-state index in [1.54, 1.807) is 4.52 Å². The van der Waals surface area contributed by atoms with Crippen LogP contribution in [0.1, 0.15) is 5.82 Å². The van der Waals surface area contributed by atoms with Crippen molar-refractivity contribution in [3.63, 3.8) is 0 Å². The van der Waals surface area contributed by atoms with E-state index < -0.39 is 0 Å². The van der Waals surface area contributed by atoms with Crippen molar-refractivity contribution in [3.8, 4) is 0 Å². The summed E-state index contributed by atoms with van der Waals surface area (Å²) >= 11 is 3.41. The molecule has 2 aromatic rings. The monoisotopic (exact) mass is 268 g/mol. The maximum Gasteiger partial charge on any atom is 0.156 e. The summed E-state index contributed by atoms with van der Waals surface area (Å²) in [6.07, 6.45) is 2.79. The van der Waals surface area contributed by atoms with Crippen molar-refractivity contribution in [2.24, 2.45) is 0 Å². The van der Waals surface area contributed by atoms with Gasteiger partial charge in [-0.3, -0.25) is 0 Å². The standard InChI is InChI=1S/C10H13BrN4/c1-14(2)5-4-9-12-10-7-8(11)3-6-15(10)13-9/h3,6-7H,4-5H2,1-2H3. The summed E-state index contributed by atoms with van der Waals surface area (Å²) in [6.45, 7) is 0.970. The van der Waals surface area contributed by atoms with Crippen molar-refractivity contribution in [1.82, 2.24) is 19.5 Å². The van der Waals surface area contributed by atoms with Crippen LogP contribution in [-0.2, 0) is 6.42 Å². The van der Waals surface area contributed by atoms with Crippen LogP contribution in [-0.4, -0.2) is 40.1 Å².